The van der Waals surface area contributed by atoms with Crippen LogP contribution in [-0.4, -0.2) is 46.9 Å². The van der Waals surface area contributed by atoms with E-state index in [2.05, 4.69) is 5.32 Å². The average Bonchev–Trinajstić information content (AvgIpc) is 3.14. The second kappa shape index (κ2) is 9.59. The maximum absolute atomic E-state index is 13.4. The number of ether oxygens (including phenoxy) is 1. The number of hydrogen-bond acceptors (Lipinski definition) is 4. The van der Waals surface area contributed by atoms with Gasteiger partial charge in [-0.15, -0.1) is 0 Å². The van der Waals surface area contributed by atoms with E-state index in [4.69, 9.17) is 9.84 Å². The maximum atomic E-state index is 13.4. The number of amides is 2. The number of carboxylic acids is 1. The van der Waals surface area contributed by atoms with Crippen LogP contribution in [0, 0.1) is 0 Å². The summed E-state index contributed by atoms with van der Waals surface area (Å²) in [5.41, 5.74) is -1.34. The highest BCUT2D eigenvalue weighted by atomic mass is 19.4. The summed E-state index contributed by atoms with van der Waals surface area (Å²) in [5.74, 6) is -3.78. The van der Waals surface area contributed by atoms with Crippen LogP contribution in [0.2, 0.25) is 0 Å². The highest BCUT2D eigenvalue weighted by Crippen LogP contribution is 2.44. The largest absolute Gasteiger partial charge is 0.479 e. The van der Waals surface area contributed by atoms with Crippen molar-refractivity contribution in [3.05, 3.63) is 59.7 Å². The molecule has 7 nitrogen and oxygen atoms in total. The van der Waals surface area contributed by atoms with Crippen molar-refractivity contribution in [2.24, 2.45) is 0 Å². The molecule has 0 spiro atoms. The summed E-state index contributed by atoms with van der Waals surface area (Å²) in [6, 6.07) is 15.4. The summed E-state index contributed by atoms with van der Waals surface area (Å²) < 4.78 is 45.6. The molecule has 1 aliphatic rings. The second-order valence-corrected chi connectivity index (χ2v) is 8.62. The number of fused-ring (bicyclic) bond motifs is 3. The lowest BCUT2D eigenvalue weighted by Gasteiger charge is -2.36. The first kappa shape index (κ1) is 26.1. The van der Waals surface area contributed by atoms with Crippen molar-refractivity contribution in [1.82, 2.24) is 10.6 Å². The lowest BCUT2D eigenvalue weighted by atomic mass is 9.89. The Morgan fingerprint density at radius 2 is 1.40 bits per heavy atom. The van der Waals surface area contributed by atoms with Gasteiger partial charge in [0.15, 0.2) is 0 Å². The van der Waals surface area contributed by atoms with Crippen LogP contribution in [0.3, 0.4) is 0 Å². The number of alkyl halides is 3. The average molecular weight is 492 g/mol. The normalized spacial score (nSPS) is 14.9. The molecular weight excluding hydrogens is 465 g/mol. The molecule has 0 heterocycles. The fourth-order valence-corrected chi connectivity index (χ4v) is 4.23. The Hall–Kier alpha value is -3.56. The van der Waals surface area contributed by atoms with Crippen LogP contribution in [0.1, 0.15) is 50.7 Å². The van der Waals surface area contributed by atoms with Crippen molar-refractivity contribution < 1.29 is 37.4 Å². The Morgan fingerprint density at radius 3 is 1.83 bits per heavy atom. The molecule has 188 valence electrons. The molecule has 1 aliphatic carbocycles. The SMILES string of the molecule is CCC(CC)(NC(=O)OCC1c2ccccc2-c2ccccc21)C(=O)NC(C)(C(=O)O)C(F)(F)F. The highest BCUT2D eigenvalue weighted by molar-refractivity contribution is 5.94. The van der Waals surface area contributed by atoms with E-state index in [0.717, 1.165) is 22.3 Å². The van der Waals surface area contributed by atoms with Gasteiger partial charge in [-0.2, -0.15) is 13.2 Å². The third kappa shape index (κ3) is 4.69. The Morgan fingerprint density at radius 1 is 0.914 bits per heavy atom. The number of benzene rings is 2. The number of hydrogen-bond donors (Lipinski definition) is 3. The third-order valence-corrected chi connectivity index (χ3v) is 6.68. The maximum Gasteiger partial charge on any atom is 0.422 e. The number of halogens is 3. The minimum Gasteiger partial charge on any atom is -0.479 e. The van der Waals surface area contributed by atoms with Crippen LogP contribution >= 0.6 is 0 Å². The van der Waals surface area contributed by atoms with E-state index in [-0.39, 0.29) is 25.4 Å². The van der Waals surface area contributed by atoms with Crippen LogP contribution in [-0.2, 0) is 14.3 Å². The van der Waals surface area contributed by atoms with E-state index >= 15 is 0 Å². The summed E-state index contributed by atoms with van der Waals surface area (Å²) in [4.78, 5) is 36.9. The van der Waals surface area contributed by atoms with Gasteiger partial charge in [0, 0.05) is 5.92 Å². The quantitative estimate of drug-likeness (QED) is 0.499. The van der Waals surface area contributed by atoms with Crippen molar-refractivity contribution >= 4 is 18.0 Å². The number of rotatable bonds is 8. The predicted octanol–water partition coefficient (Wildman–Crippen LogP) is 4.61. The fraction of sp³-hybridized carbons (Fsp3) is 0.400. The summed E-state index contributed by atoms with van der Waals surface area (Å²) >= 11 is 0. The molecule has 0 radical (unpaired) electrons. The summed E-state index contributed by atoms with van der Waals surface area (Å²) in [5, 5.41) is 13.1. The van der Waals surface area contributed by atoms with Gasteiger partial charge in [-0.3, -0.25) is 4.79 Å². The molecule has 2 aromatic rings. The van der Waals surface area contributed by atoms with Gasteiger partial charge in [-0.1, -0.05) is 62.4 Å². The standard InChI is InChI=1S/C25H27F3N2O5/c1-4-24(5-2,20(31)29-23(3,21(32)33)25(26,27)28)30-22(34)35-14-19-17-12-8-6-10-15(17)16-11-7-9-13-18(16)19/h6-13,19H,4-5,14H2,1-3H3,(H,29,31)(H,30,34)(H,32,33). The van der Waals surface area contributed by atoms with Crippen molar-refractivity contribution in [3.8, 4) is 11.1 Å². The molecule has 35 heavy (non-hydrogen) atoms. The highest BCUT2D eigenvalue weighted by Gasteiger charge is 2.60. The molecule has 10 heteroatoms. The summed E-state index contributed by atoms with van der Waals surface area (Å²) in [6.45, 7) is 3.30. The molecule has 0 bridgehead atoms. The zero-order valence-electron chi connectivity index (χ0n) is 19.5. The first-order valence-corrected chi connectivity index (χ1v) is 11.2. The van der Waals surface area contributed by atoms with Crippen LogP contribution < -0.4 is 10.6 Å². The molecule has 3 rings (SSSR count). The number of nitrogens with one attached hydrogen (secondary N) is 2. The summed E-state index contributed by atoms with van der Waals surface area (Å²) in [6.07, 6.45) is -6.43. The minimum atomic E-state index is -5.26. The van der Waals surface area contributed by atoms with E-state index in [9.17, 15) is 27.6 Å². The van der Waals surface area contributed by atoms with Gasteiger partial charge >= 0.3 is 18.2 Å². The Balaban J connectivity index is 1.76. The Kier molecular flexibility index (Phi) is 7.14. The molecule has 3 N–H and O–H groups in total. The Bertz CT molecular complexity index is 1080. The van der Waals surface area contributed by atoms with Gasteiger partial charge in [0.05, 0.1) is 0 Å². The lowest BCUT2D eigenvalue weighted by molar-refractivity contribution is -0.207. The number of aliphatic carboxylic acids is 1. The van der Waals surface area contributed by atoms with Crippen LogP contribution in [0.15, 0.2) is 48.5 Å². The minimum absolute atomic E-state index is 0.0552. The van der Waals surface area contributed by atoms with E-state index in [0.29, 0.717) is 6.92 Å². The number of carbonyl (C=O) groups excluding carboxylic acids is 2. The van der Waals surface area contributed by atoms with Gasteiger partial charge < -0.3 is 20.5 Å². The molecule has 2 aromatic carbocycles. The molecule has 1 atom stereocenters. The second-order valence-electron chi connectivity index (χ2n) is 8.62. The summed E-state index contributed by atoms with van der Waals surface area (Å²) in [7, 11) is 0. The van der Waals surface area contributed by atoms with Crippen molar-refractivity contribution in [2.75, 3.05) is 6.61 Å². The zero-order chi connectivity index (χ0) is 26.0. The van der Waals surface area contributed by atoms with Gasteiger partial charge in [0.1, 0.15) is 12.1 Å². The van der Waals surface area contributed by atoms with Gasteiger partial charge in [0.2, 0.25) is 11.4 Å². The van der Waals surface area contributed by atoms with E-state index in [1.165, 1.54) is 13.8 Å². The molecule has 0 aliphatic heterocycles. The first-order valence-electron chi connectivity index (χ1n) is 11.2. The topological polar surface area (TPSA) is 105 Å². The molecule has 2 amide bonds. The van der Waals surface area contributed by atoms with Crippen LogP contribution in [0.5, 0.6) is 0 Å². The molecule has 0 aromatic heterocycles. The third-order valence-electron chi connectivity index (χ3n) is 6.68. The van der Waals surface area contributed by atoms with E-state index < -0.39 is 35.2 Å². The fourth-order valence-electron chi connectivity index (χ4n) is 4.23. The Labute approximate surface area is 200 Å². The molecule has 0 saturated carbocycles. The van der Waals surface area contributed by atoms with Crippen molar-refractivity contribution in [3.63, 3.8) is 0 Å². The predicted molar refractivity (Wildman–Crippen MR) is 122 cm³/mol. The van der Waals surface area contributed by atoms with Crippen molar-refractivity contribution in [2.45, 2.75) is 56.8 Å². The first-order chi connectivity index (χ1) is 16.4. The number of carboxylic acid groups (broad SMARTS) is 1. The monoisotopic (exact) mass is 492 g/mol. The zero-order valence-corrected chi connectivity index (χ0v) is 19.5. The number of carbonyl (C=O) groups is 3. The number of alkyl carbamates (subject to hydrolysis) is 1. The van der Waals surface area contributed by atoms with Crippen molar-refractivity contribution in [1.29, 1.82) is 0 Å². The van der Waals surface area contributed by atoms with Gasteiger partial charge in [-0.05, 0) is 42.0 Å². The van der Waals surface area contributed by atoms with Gasteiger partial charge in [0.25, 0.3) is 0 Å². The molecule has 0 fully saturated rings. The van der Waals surface area contributed by atoms with E-state index in [1.54, 1.807) is 5.32 Å². The molecular formula is C25H27F3N2O5. The molecule has 0 saturated heterocycles. The molecule has 1 unspecified atom stereocenters. The van der Waals surface area contributed by atoms with E-state index in [1.807, 2.05) is 48.5 Å². The van der Waals surface area contributed by atoms with Gasteiger partial charge in [-0.25, -0.2) is 9.59 Å². The lowest BCUT2D eigenvalue weighted by Crippen LogP contribution is -2.68. The van der Waals surface area contributed by atoms with Crippen LogP contribution in [0.25, 0.3) is 11.1 Å². The smallest absolute Gasteiger partial charge is 0.422 e. The van der Waals surface area contributed by atoms with Crippen LogP contribution in [0.4, 0.5) is 18.0 Å².